The number of likely N-dealkylation sites (N-methyl/N-ethyl adjacent to an activating group) is 1. The van der Waals surface area contributed by atoms with Crippen LogP contribution in [0, 0.1) is 11.3 Å². The molecule has 0 amide bonds. The molecule has 0 aliphatic rings. The van der Waals surface area contributed by atoms with Crippen LogP contribution in [-0.2, 0) is 4.79 Å². The van der Waals surface area contributed by atoms with Gasteiger partial charge in [0.25, 0.3) is 0 Å². The molecule has 5 nitrogen and oxygen atoms in total. The average molecular weight is 248 g/mol. The minimum Gasteiger partial charge on any atom is -0.492 e. The minimum absolute atomic E-state index is 0.132. The lowest BCUT2D eigenvalue weighted by Crippen LogP contribution is -2.26. The van der Waals surface area contributed by atoms with E-state index in [1.54, 1.807) is 24.3 Å². The summed E-state index contributed by atoms with van der Waals surface area (Å²) in [6.45, 7) is 1.65. The summed E-state index contributed by atoms with van der Waals surface area (Å²) >= 11 is 0. The zero-order valence-electron chi connectivity index (χ0n) is 10.3. The fourth-order valence-electron chi connectivity index (χ4n) is 1.34. The summed E-state index contributed by atoms with van der Waals surface area (Å²) < 4.78 is 5.48. The summed E-state index contributed by atoms with van der Waals surface area (Å²) in [6, 6.07) is 8.92. The van der Waals surface area contributed by atoms with Crippen LogP contribution in [-0.4, -0.2) is 42.7 Å². The third kappa shape index (κ3) is 5.32. The predicted molar refractivity (Wildman–Crippen MR) is 66.4 cm³/mol. The zero-order chi connectivity index (χ0) is 13.4. The van der Waals surface area contributed by atoms with Gasteiger partial charge in [-0.05, 0) is 31.3 Å². The van der Waals surface area contributed by atoms with E-state index in [4.69, 9.17) is 15.1 Å². The Balaban J connectivity index is 2.24. The first-order valence-corrected chi connectivity index (χ1v) is 5.65. The van der Waals surface area contributed by atoms with Crippen molar-refractivity contribution in [2.24, 2.45) is 0 Å². The summed E-state index contributed by atoms with van der Waals surface area (Å²) in [5.74, 6) is -0.0875. The maximum atomic E-state index is 10.4. The lowest BCUT2D eigenvalue weighted by Gasteiger charge is -2.15. The molecule has 0 saturated heterocycles. The van der Waals surface area contributed by atoms with Gasteiger partial charge >= 0.3 is 5.97 Å². The normalized spacial score (nSPS) is 10.1. The number of rotatable bonds is 7. The standard InChI is InChI=1S/C13H16N2O3/c1-15(7-6-13(16)17)8-9-18-12-4-2-11(10-14)3-5-12/h2-5H,6-9H2,1H3,(H,16,17). The van der Waals surface area contributed by atoms with Gasteiger partial charge < -0.3 is 14.7 Å². The van der Waals surface area contributed by atoms with Gasteiger partial charge in [0.15, 0.2) is 0 Å². The van der Waals surface area contributed by atoms with Gasteiger partial charge in [-0.15, -0.1) is 0 Å². The molecular formula is C13H16N2O3. The van der Waals surface area contributed by atoms with Crippen LogP contribution in [0.1, 0.15) is 12.0 Å². The number of nitrogens with zero attached hydrogens (tertiary/aromatic N) is 2. The Morgan fingerprint density at radius 2 is 2.06 bits per heavy atom. The average Bonchev–Trinajstić information content (AvgIpc) is 2.37. The Morgan fingerprint density at radius 1 is 1.39 bits per heavy atom. The van der Waals surface area contributed by atoms with Gasteiger partial charge in [0.05, 0.1) is 18.1 Å². The Morgan fingerprint density at radius 3 is 2.61 bits per heavy atom. The molecule has 1 rings (SSSR count). The number of hydrogen-bond acceptors (Lipinski definition) is 4. The topological polar surface area (TPSA) is 73.6 Å². The molecule has 96 valence electrons. The van der Waals surface area contributed by atoms with Gasteiger partial charge in [-0.1, -0.05) is 0 Å². The molecule has 0 unspecified atom stereocenters. The molecule has 5 heteroatoms. The first-order chi connectivity index (χ1) is 8.61. The highest BCUT2D eigenvalue weighted by molar-refractivity contribution is 5.66. The Kier molecular flexibility index (Phi) is 5.68. The van der Waals surface area contributed by atoms with Crippen molar-refractivity contribution < 1.29 is 14.6 Å². The molecule has 0 aromatic heterocycles. The molecule has 1 aromatic carbocycles. The number of aliphatic carboxylic acids is 1. The smallest absolute Gasteiger partial charge is 0.304 e. The second-order valence-electron chi connectivity index (χ2n) is 3.93. The van der Waals surface area contributed by atoms with Crippen LogP contribution < -0.4 is 4.74 Å². The summed E-state index contributed by atoms with van der Waals surface area (Å²) in [4.78, 5) is 12.3. The largest absolute Gasteiger partial charge is 0.492 e. The summed E-state index contributed by atoms with van der Waals surface area (Å²) in [5.41, 5.74) is 0.598. The van der Waals surface area contributed by atoms with Crippen LogP contribution >= 0.6 is 0 Å². The quantitative estimate of drug-likeness (QED) is 0.788. The van der Waals surface area contributed by atoms with E-state index < -0.39 is 5.97 Å². The highest BCUT2D eigenvalue weighted by atomic mass is 16.5. The molecule has 1 aromatic rings. The molecular weight excluding hydrogens is 232 g/mol. The number of nitriles is 1. The first kappa shape index (κ1) is 14.0. The Hall–Kier alpha value is -2.06. The molecule has 18 heavy (non-hydrogen) atoms. The van der Waals surface area contributed by atoms with Crippen molar-refractivity contribution in [2.75, 3.05) is 26.7 Å². The van der Waals surface area contributed by atoms with E-state index in [1.165, 1.54) is 0 Å². The Labute approximate surface area is 106 Å². The highest BCUT2D eigenvalue weighted by Gasteiger charge is 2.02. The van der Waals surface area contributed by atoms with Crippen molar-refractivity contribution in [1.29, 1.82) is 5.26 Å². The predicted octanol–water partition coefficient (Wildman–Crippen LogP) is 1.34. The van der Waals surface area contributed by atoms with E-state index in [9.17, 15) is 4.79 Å². The maximum absolute atomic E-state index is 10.4. The van der Waals surface area contributed by atoms with E-state index >= 15 is 0 Å². The third-order valence-electron chi connectivity index (χ3n) is 2.43. The van der Waals surface area contributed by atoms with Crippen molar-refractivity contribution in [1.82, 2.24) is 4.90 Å². The number of carboxylic acid groups (broad SMARTS) is 1. The first-order valence-electron chi connectivity index (χ1n) is 5.65. The highest BCUT2D eigenvalue weighted by Crippen LogP contribution is 2.11. The van der Waals surface area contributed by atoms with E-state index in [1.807, 2.05) is 18.0 Å². The lowest BCUT2D eigenvalue weighted by molar-refractivity contribution is -0.137. The van der Waals surface area contributed by atoms with Crippen LogP contribution in [0.5, 0.6) is 5.75 Å². The lowest BCUT2D eigenvalue weighted by atomic mass is 10.2. The number of benzene rings is 1. The monoisotopic (exact) mass is 248 g/mol. The number of carboxylic acids is 1. The van der Waals surface area contributed by atoms with Crippen LogP contribution in [0.15, 0.2) is 24.3 Å². The van der Waals surface area contributed by atoms with Gasteiger partial charge in [-0.2, -0.15) is 5.26 Å². The van der Waals surface area contributed by atoms with E-state index in [2.05, 4.69) is 0 Å². The fraction of sp³-hybridized carbons (Fsp3) is 0.385. The maximum Gasteiger partial charge on any atom is 0.304 e. The van der Waals surface area contributed by atoms with Crippen LogP contribution in [0.25, 0.3) is 0 Å². The van der Waals surface area contributed by atoms with Gasteiger partial charge in [0.2, 0.25) is 0 Å². The van der Waals surface area contributed by atoms with E-state index in [0.717, 1.165) is 0 Å². The summed E-state index contributed by atoms with van der Waals surface area (Å²) in [6.07, 6.45) is 0.132. The second-order valence-corrected chi connectivity index (χ2v) is 3.93. The van der Waals surface area contributed by atoms with Crippen LogP contribution in [0.2, 0.25) is 0 Å². The molecule has 0 radical (unpaired) electrons. The molecule has 0 atom stereocenters. The van der Waals surface area contributed by atoms with Gasteiger partial charge in [0.1, 0.15) is 12.4 Å². The number of carbonyl (C=O) groups is 1. The van der Waals surface area contributed by atoms with Crippen LogP contribution in [0.3, 0.4) is 0 Å². The third-order valence-corrected chi connectivity index (χ3v) is 2.43. The minimum atomic E-state index is -0.796. The van der Waals surface area contributed by atoms with Gasteiger partial charge in [0, 0.05) is 13.1 Å². The Bertz CT molecular complexity index is 423. The molecule has 0 bridgehead atoms. The molecule has 0 heterocycles. The number of ether oxygens (including phenoxy) is 1. The summed E-state index contributed by atoms with van der Waals surface area (Å²) in [5, 5.41) is 17.2. The summed E-state index contributed by atoms with van der Waals surface area (Å²) in [7, 11) is 1.85. The molecule has 1 N–H and O–H groups in total. The fourth-order valence-corrected chi connectivity index (χ4v) is 1.34. The number of hydrogen-bond donors (Lipinski definition) is 1. The van der Waals surface area contributed by atoms with Crippen molar-refractivity contribution in [3.05, 3.63) is 29.8 Å². The molecule has 0 spiro atoms. The van der Waals surface area contributed by atoms with Crippen molar-refractivity contribution in [3.63, 3.8) is 0 Å². The van der Waals surface area contributed by atoms with E-state index in [0.29, 0.717) is 31.0 Å². The van der Waals surface area contributed by atoms with E-state index in [-0.39, 0.29) is 6.42 Å². The molecule has 0 saturated carbocycles. The van der Waals surface area contributed by atoms with Crippen molar-refractivity contribution >= 4 is 5.97 Å². The molecule has 0 fully saturated rings. The van der Waals surface area contributed by atoms with Crippen molar-refractivity contribution in [2.45, 2.75) is 6.42 Å². The van der Waals surface area contributed by atoms with Crippen LogP contribution in [0.4, 0.5) is 0 Å². The zero-order valence-corrected chi connectivity index (χ0v) is 10.3. The second kappa shape index (κ2) is 7.30. The van der Waals surface area contributed by atoms with Gasteiger partial charge in [-0.25, -0.2) is 0 Å². The van der Waals surface area contributed by atoms with Crippen molar-refractivity contribution in [3.8, 4) is 11.8 Å². The van der Waals surface area contributed by atoms with Gasteiger partial charge in [-0.3, -0.25) is 4.79 Å². The SMILES string of the molecule is CN(CCOc1ccc(C#N)cc1)CCC(=O)O. The molecule has 0 aliphatic heterocycles. The molecule has 0 aliphatic carbocycles.